The molecule has 5 heteroatoms. The van der Waals surface area contributed by atoms with Crippen LogP contribution >= 0.6 is 22.7 Å². The van der Waals surface area contributed by atoms with Crippen molar-refractivity contribution >= 4 is 22.7 Å². The van der Waals surface area contributed by atoms with Gasteiger partial charge in [-0.2, -0.15) is 11.3 Å². The van der Waals surface area contributed by atoms with Crippen molar-refractivity contribution in [3.63, 3.8) is 0 Å². The van der Waals surface area contributed by atoms with Gasteiger partial charge in [-0.25, -0.2) is 4.98 Å². The summed E-state index contributed by atoms with van der Waals surface area (Å²) in [5.74, 6) is 7.38. The molecule has 0 fully saturated rings. The van der Waals surface area contributed by atoms with E-state index in [1.54, 1.807) is 22.7 Å². The Kier molecular flexibility index (Phi) is 8.32. The Hall–Kier alpha value is -2.91. The van der Waals surface area contributed by atoms with Crippen molar-refractivity contribution in [3.8, 4) is 28.7 Å². The molecule has 1 aromatic carbocycles. The SMILES string of the molecule is CCCN(CC#Cc1ccc(C)cn1)Cc1cccc(OCc2cc(-c3ccsc3)cs2)c1. The zero-order chi connectivity index (χ0) is 22.9. The van der Waals surface area contributed by atoms with Crippen molar-refractivity contribution in [1.29, 1.82) is 0 Å². The summed E-state index contributed by atoms with van der Waals surface area (Å²) in [6, 6.07) is 16.8. The Morgan fingerprint density at radius 3 is 2.79 bits per heavy atom. The molecule has 3 nitrogen and oxygen atoms in total. The standard InChI is InChI=1S/C28H28N2OS2/c1-3-12-30(13-5-7-26-10-9-22(2)17-29-26)18-23-6-4-8-27(15-23)31-19-28-16-25(21-33-28)24-11-14-32-20-24/h4,6,8-11,14-17,20-21H,3,12-13,18-19H2,1-2H3. The molecule has 0 amide bonds. The van der Waals surface area contributed by atoms with Gasteiger partial charge >= 0.3 is 0 Å². The summed E-state index contributed by atoms with van der Waals surface area (Å²) in [6.07, 6.45) is 2.95. The number of pyridine rings is 1. The summed E-state index contributed by atoms with van der Waals surface area (Å²) in [7, 11) is 0. The quantitative estimate of drug-likeness (QED) is 0.245. The van der Waals surface area contributed by atoms with Crippen LogP contribution in [0.4, 0.5) is 0 Å². The predicted octanol–water partition coefficient (Wildman–Crippen LogP) is 7.02. The lowest BCUT2D eigenvalue weighted by Crippen LogP contribution is -2.24. The van der Waals surface area contributed by atoms with E-state index < -0.39 is 0 Å². The third kappa shape index (κ3) is 7.03. The minimum atomic E-state index is 0.589. The highest BCUT2D eigenvalue weighted by Gasteiger charge is 2.07. The number of hydrogen-bond acceptors (Lipinski definition) is 5. The molecule has 0 aliphatic carbocycles. The lowest BCUT2D eigenvalue weighted by Gasteiger charge is -2.19. The molecule has 0 aliphatic rings. The number of benzene rings is 1. The van der Waals surface area contributed by atoms with Gasteiger partial charge in [0.15, 0.2) is 0 Å². The van der Waals surface area contributed by atoms with Crippen molar-refractivity contribution in [1.82, 2.24) is 9.88 Å². The van der Waals surface area contributed by atoms with Crippen LogP contribution in [-0.2, 0) is 13.2 Å². The van der Waals surface area contributed by atoms with Gasteiger partial charge in [-0.05, 0) is 94.5 Å². The van der Waals surface area contributed by atoms with Gasteiger partial charge < -0.3 is 4.74 Å². The Balaban J connectivity index is 1.34. The van der Waals surface area contributed by atoms with Gasteiger partial charge in [-0.15, -0.1) is 11.3 Å². The van der Waals surface area contributed by atoms with Gasteiger partial charge in [-0.3, -0.25) is 4.90 Å². The van der Waals surface area contributed by atoms with Gasteiger partial charge in [0.05, 0.1) is 6.54 Å². The minimum Gasteiger partial charge on any atom is -0.488 e. The smallest absolute Gasteiger partial charge is 0.122 e. The molecule has 0 aliphatic heterocycles. The lowest BCUT2D eigenvalue weighted by atomic mass is 10.2. The molecule has 0 saturated heterocycles. The summed E-state index contributed by atoms with van der Waals surface area (Å²) in [5, 5.41) is 6.49. The van der Waals surface area contributed by atoms with E-state index in [4.69, 9.17) is 4.74 Å². The fourth-order valence-electron chi connectivity index (χ4n) is 3.50. The first-order valence-electron chi connectivity index (χ1n) is 11.1. The van der Waals surface area contributed by atoms with E-state index in [9.17, 15) is 0 Å². The van der Waals surface area contributed by atoms with Crippen LogP contribution in [-0.4, -0.2) is 23.0 Å². The Labute approximate surface area is 204 Å². The van der Waals surface area contributed by atoms with Crippen molar-refractivity contribution in [2.75, 3.05) is 13.1 Å². The topological polar surface area (TPSA) is 25.4 Å². The molecule has 0 spiro atoms. The second kappa shape index (κ2) is 11.8. The van der Waals surface area contributed by atoms with E-state index in [2.05, 4.69) is 75.1 Å². The average Bonchev–Trinajstić information content (AvgIpc) is 3.52. The van der Waals surface area contributed by atoms with E-state index >= 15 is 0 Å². The van der Waals surface area contributed by atoms with Crippen LogP contribution in [0.2, 0.25) is 0 Å². The maximum Gasteiger partial charge on any atom is 0.122 e. The number of aromatic nitrogens is 1. The normalized spacial score (nSPS) is 10.8. The van der Waals surface area contributed by atoms with E-state index in [1.165, 1.54) is 21.6 Å². The number of ether oxygens (including phenoxy) is 1. The summed E-state index contributed by atoms with van der Waals surface area (Å²) in [4.78, 5) is 7.97. The third-order valence-corrected chi connectivity index (χ3v) is 6.76. The molecule has 4 aromatic rings. The fraction of sp³-hybridized carbons (Fsp3) is 0.250. The van der Waals surface area contributed by atoms with Gasteiger partial charge in [-0.1, -0.05) is 31.0 Å². The minimum absolute atomic E-state index is 0.589. The zero-order valence-corrected chi connectivity index (χ0v) is 20.7. The molecule has 0 saturated carbocycles. The second-order valence-corrected chi connectivity index (χ2v) is 9.76. The van der Waals surface area contributed by atoms with Crippen molar-refractivity contribution in [2.45, 2.75) is 33.4 Å². The Morgan fingerprint density at radius 2 is 2.00 bits per heavy atom. The number of rotatable bonds is 9. The van der Waals surface area contributed by atoms with E-state index in [0.717, 1.165) is 43.1 Å². The number of nitrogens with zero attached hydrogens (tertiary/aromatic N) is 2. The van der Waals surface area contributed by atoms with Crippen LogP contribution in [0.25, 0.3) is 11.1 Å². The maximum atomic E-state index is 6.11. The summed E-state index contributed by atoms with van der Waals surface area (Å²) in [5.41, 5.74) is 5.76. The summed E-state index contributed by atoms with van der Waals surface area (Å²) in [6.45, 7) is 7.39. The van der Waals surface area contributed by atoms with Crippen LogP contribution in [0.5, 0.6) is 5.75 Å². The number of thiophene rings is 2. The molecule has 3 heterocycles. The molecule has 0 atom stereocenters. The predicted molar refractivity (Wildman–Crippen MR) is 140 cm³/mol. The second-order valence-electron chi connectivity index (χ2n) is 7.98. The van der Waals surface area contributed by atoms with Crippen molar-refractivity contribution in [3.05, 3.63) is 92.6 Å². The largest absolute Gasteiger partial charge is 0.488 e. The van der Waals surface area contributed by atoms with Crippen LogP contribution in [0.1, 0.15) is 35.0 Å². The molecule has 3 aromatic heterocycles. The van der Waals surface area contributed by atoms with Crippen molar-refractivity contribution < 1.29 is 4.74 Å². The number of aryl methyl sites for hydroxylation is 1. The highest BCUT2D eigenvalue weighted by molar-refractivity contribution is 7.10. The van der Waals surface area contributed by atoms with E-state index in [-0.39, 0.29) is 0 Å². The zero-order valence-electron chi connectivity index (χ0n) is 19.1. The molecule has 0 N–H and O–H groups in total. The van der Waals surface area contributed by atoms with Crippen LogP contribution in [0.15, 0.2) is 70.9 Å². The molecule has 0 radical (unpaired) electrons. The fourth-order valence-corrected chi connectivity index (χ4v) is 4.97. The van der Waals surface area contributed by atoms with Gasteiger partial charge in [0.25, 0.3) is 0 Å². The molecule has 33 heavy (non-hydrogen) atoms. The molecular weight excluding hydrogens is 444 g/mol. The van der Waals surface area contributed by atoms with Crippen molar-refractivity contribution in [2.24, 2.45) is 0 Å². The van der Waals surface area contributed by atoms with Crippen LogP contribution < -0.4 is 4.74 Å². The van der Waals surface area contributed by atoms with Gasteiger partial charge in [0.2, 0.25) is 0 Å². The van der Waals surface area contributed by atoms with Crippen LogP contribution in [0.3, 0.4) is 0 Å². The highest BCUT2D eigenvalue weighted by atomic mass is 32.1. The average molecular weight is 473 g/mol. The summed E-state index contributed by atoms with van der Waals surface area (Å²) < 4.78 is 6.11. The Morgan fingerprint density at radius 1 is 1.06 bits per heavy atom. The van der Waals surface area contributed by atoms with Crippen LogP contribution in [0, 0.1) is 18.8 Å². The molecule has 4 rings (SSSR count). The highest BCUT2D eigenvalue weighted by Crippen LogP contribution is 2.28. The Bertz CT molecular complexity index is 1200. The monoisotopic (exact) mass is 472 g/mol. The van der Waals surface area contributed by atoms with Gasteiger partial charge in [0, 0.05) is 17.6 Å². The molecule has 0 unspecified atom stereocenters. The lowest BCUT2D eigenvalue weighted by molar-refractivity contribution is 0.294. The number of hydrogen-bond donors (Lipinski definition) is 0. The first-order chi connectivity index (χ1) is 16.2. The summed E-state index contributed by atoms with van der Waals surface area (Å²) >= 11 is 3.47. The molecular formula is C28H28N2OS2. The van der Waals surface area contributed by atoms with E-state index in [1.807, 2.05) is 31.3 Å². The first-order valence-corrected chi connectivity index (χ1v) is 13.0. The first kappa shape index (κ1) is 23.3. The van der Waals surface area contributed by atoms with Gasteiger partial charge in [0.1, 0.15) is 18.1 Å². The maximum absolute atomic E-state index is 6.11. The molecule has 0 bridgehead atoms. The molecule has 168 valence electrons. The third-order valence-electron chi connectivity index (χ3n) is 5.16. The van der Waals surface area contributed by atoms with E-state index in [0.29, 0.717) is 6.61 Å².